The molecule has 0 aliphatic heterocycles. The van der Waals surface area contributed by atoms with Gasteiger partial charge in [-0.05, 0) is 64.7 Å². The summed E-state index contributed by atoms with van der Waals surface area (Å²) in [6.45, 7) is 11.5. The molecule has 9 heteroatoms. The van der Waals surface area contributed by atoms with Gasteiger partial charge in [0.1, 0.15) is 22.3 Å². The molecule has 0 radical (unpaired) electrons. The fourth-order valence-corrected chi connectivity index (χ4v) is 4.87. The van der Waals surface area contributed by atoms with E-state index < -0.39 is 22.0 Å². The molecule has 0 fully saturated rings. The van der Waals surface area contributed by atoms with Gasteiger partial charge >= 0.3 is 16.1 Å². The first-order valence-electron chi connectivity index (χ1n) is 13.0. The van der Waals surface area contributed by atoms with Crippen molar-refractivity contribution < 1.29 is 36.4 Å². The van der Waals surface area contributed by atoms with Crippen molar-refractivity contribution in [3.63, 3.8) is 0 Å². The van der Waals surface area contributed by atoms with Crippen LogP contribution in [0.5, 0.6) is 17.2 Å². The Bertz CT molecular complexity index is 1200. The molecule has 8 nitrogen and oxygen atoms in total. The second kappa shape index (κ2) is 14.2. The number of Topliss-reactive ketones (excluding diaryl/α,β-unsaturated/α-hetero) is 1. The molecule has 0 aliphatic carbocycles. The number of aryl methyl sites for hydroxylation is 1. The van der Waals surface area contributed by atoms with Crippen molar-refractivity contribution >= 4 is 21.9 Å². The third-order valence-corrected chi connectivity index (χ3v) is 7.65. The molecule has 0 N–H and O–H groups in total. The van der Waals surface area contributed by atoms with Crippen molar-refractivity contribution in [3.8, 4) is 17.2 Å². The molecule has 0 aromatic heterocycles. The Morgan fingerprint density at radius 2 is 1.66 bits per heavy atom. The van der Waals surface area contributed by atoms with Crippen LogP contribution in [0.4, 0.5) is 0 Å². The van der Waals surface area contributed by atoms with E-state index in [2.05, 4.69) is 6.92 Å². The molecule has 0 bridgehead atoms. The number of hydrogen-bond donors (Lipinski definition) is 0. The molecule has 0 saturated heterocycles. The lowest BCUT2D eigenvalue weighted by molar-refractivity contribution is -0.150. The smallest absolute Gasteiger partial charge is 0.339 e. The monoisotopic (exact) mass is 548 g/mol. The number of methoxy groups -OCH3 is 1. The molecular weight excluding hydrogens is 508 g/mol. The Balaban J connectivity index is 2.44. The number of rotatable bonds is 15. The Labute approximate surface area is 226 Å². The van der Waals surface area contributed by atoms with Crippen LogP contribution in [0.2, 0.25) is 0 Å². The van der Waals surface area contributed by atoms with Crippen molar-refractivity contribution in [1.82, 2.24) is 0 Å². The fraction of sp³-hybridized carbons (Fsp3) is 0.517. The van der Waals surface area contributed by atoms with Gasteiger partial charge in [0.15, 0.2) is 11.5 Å². The minimum Gasteiger partial charge on any atom is -0.492 e. The van der Waals surface area contributed by atoms with Crippen LogP contribution in [0.25, 0.3) is 0 Å². The van der Waals surface area contributed by atoms with E-state index in [0.29, 0.717) is 35.7 Å². The first-order chi connectivity index (χ1) is 18.0. The molecule has 2 aromatic rings. The van der Waals surface area contributed by atoms with Crippen LogP contribution in [0.15, 0.2) is 35.2 Å². The van der Waals surface area contributed by atoms with Gasteiger partial charge in [0, 0.05) is 17.5 Å². The first kappa shape index (κ1) is 31.1. The minimum absolute atomic E-state index is 0.0397. The Kier molecular flexibility index (Phi) is 11.6. The maximum Gasteiger partial charge on any atom is 0.339 e. The maximum atomic E-state index is 13.1. The third kappa shape index (κ3) is 7.96. The van der Waals surface area contributed by atoms with Crippen LogP contribution >= 0.6 is 0 Å². The normalized spacial score (nSPS) is 12.9. The van der Waals surface area contributed by atoms with Crippen molar-refractivity contribution in [2.45, 2.75) is 78.0 Å². The average molecular weight is 549 g/mol. The zero-order valence-corrected chi connectivity index (χ0v) is 24.3. The summed E-state index contributed by atoms with van der Waals surface area (Å²) in [6, 6.07) is 8.06. The molecule has 0 amide bonds. The van der Waals surface area contributed by atoms with E-state index in [-0.39, 0.29) is 35.4 Å². The van der Waals surface area contributed by atoms with Gasteiger partial charge < -0.3 is 18.4 Å². The maximum absolute atomic E-state index is 13.1. The SMILES string of the molecule is CCCCOc1c(C(C)CCC(=O)C(C)C(=O)OCC)cc(OS(=O)(=O)c2ccc(C)cc2)c(C)c1OC. The van der Waals surface area contributed by atoms with Crippen molar-refractivity contribution in [2.75, 3.05) is 20.3 Å². The number of ketones is 1. The molecular formula is C29H40O8S. The van der Waals surface area contributed by atoms with E-state index in [1.807, 2.05) is 13.8 Å². The molecule has 0 saturated carbocycles. The minimum atomic E-state index is -4.11. The highest BCUT2D eigenvalue weighted by Crippen LogP contribution is 2.45. The topological polar surface area (TPSA) is 105 Å². The number of hydrogen-bond acceptors (Lipinski definition) is 8. The second-order valence-electron chi connectivity index (χ2n) is 9.38. The fourth-order valence-electron chi connectivity index (χ4n) is 3.89. The summed E-state index contributed by atoms with van der Waals surface area (Å²) in [5.41, 5.74) is 2.07. The zero-order chi connectivity index (χ0) is 28.5. The van der Waals surface area contributed by atoms with Crippen LogP contribution < -0.4 is 13.7 Å². The summed E-state index contributed by atoms with van der Waals surface area (Å²) < 4.78 is 48.5. The number of carbonyl (C=O) groups is 2. The van der Waals surface area contributed by atoms with Gasteiger partial charge in [0.05, 0.1) is 20.3 Å². The molecule has 0 aliphatic rings. The van der Waals surface area contributed by atoms with Gasteiger partial charge in [-0.2, -0.15) is 8.42 Å². The first-order valence-corrected chi connectivity index (χ1v) is 14.4. The van der Waals surface area contributed by atoms with E-state index >= 15 is 0 Å². The molecule has 2 unspecified atom stereocenters. The molecule has 210 valence electrons. The van der Waals surface area contributed by atoms with Gasteiger partial charge in [-0.25, -0.2) is 0 Å². The largest absolute Gasteiger partial charge is 0.492 e. The molecule has 2 aromatic carbocycles. The van der Waals surface area contributed by atoms with E-state index in [1.165, 1.54) is 19.2 Å². The van der Waals surface area contributed by atoms with Crippen molar-refractivity contribution in [3.05, 3.63) is 47.0 Å². The Hall–Kier alpha value is -3.07. The van der Waals surface area contributed by atoms with Crippen LogP contribution in [-0.4, -0.2) is 40.5 Å². The Morgan fingerprint density at radius 1 is 1.00 bits per heavy atom. The molecule has 0 heterocycles. The Morgan fingerprint density at radius 3 is 2.24 bits per heavy atom. The number of ether oxygens (including phenoxy) is 3. The summed E-state index contributed by atoms with van der Waals surface area (Å²) in [5, 5.41) is 0. The quantitative estimate of drug-likeness (QED) is 0.117. The van der Waals surface area contributed by atoms with Gasteiger partial charge in [-0.1, -0.05) is 38.0 Å². The number of carbonyl (C=O) groups excluding carboxylic acids is 2. The summed E-state index contributed by atoms with van der Waals surface area (Å²) in [7, 11) is -2.62. The molecule has 38 heavy (non-hydrogen) atoms. The van der Waals surface area contributed by atoms with Crippen LogP contribution in [-0.2, 0) is 24.4 Å². The van der Waals surface area contributed by atoms with Crippen molar-refractivity contribution in [2.24, 2.45) is 5.92 Å². The highest BCUT2D eigenvalue weighted by molar-refractivity contribution is 7.87. The molecule has 2 atom stereocenters. The van der Waals surface area contributed by atoms with Crippen LogP contribution in [0, 0.1) is 19.8 Å². The summed E-state index contributed by atoms with van der Waals surface area (Å²) in [6.07, 6.45) is 2.31. The lowest BCUT2D eigenvalue weighted by atomic mass is 9.90. The second-order valence-corrected chi connectivity index (χ2v) is 10.9. The number of unbranched alkanes of at least 4 members (excludes halogenated alkanes) is 1. The van der Waals surface area contributed by atoms with Gasteiger partial charge in [0.2, 0.25) is 0 Å². The predicted octanol–water partition coefficient (Wildman–Crippen LogP) is 5.91. The third-order valence-electron chi connectivity index (χ3n) is 6.40. The standard InChI is InChI=1S/C29H40O8S/c1-8-10-17-36-28-24(20(4)13-16-25(30)21(5)29(31)35-9-2)18-26(22(6)27(28)34-7)37-38(32,33)23-14-11-19(3)12-15-23/h11-12,14-15,18,20-21H,8-10,13,16-17H2,1-7H3. The number of esters is 1. The lowest BCUT2D eigenvalue weighted by Crippen LogP contribution is -2.23. The van der Waals surface area contributed by atoms with Gasteiger partial charge in [-0.15, -0.1) is 0 Å². The van der Waals surface area contributed by atoms with Crippen molar-refractivity contribution in [1.29, 1.82) is 0 Å². The van der Waals surface area contributed by atoms with Crippen LogP contribution in [0.1, 0.15) is 76.0 Å². The highest BCUT2D eigenvalue weighted by Gasteiger charge is 2.28. The van der Waals surface area contributed by atoms with Gasteiger partial charge in [0.25, 0.3) is 0 Å². The predicted molar refractivity (Wildman–Crippen MR) is 146 cm³/mol. The number of benzene rings is 2. The van der Waals surface area contributed by atoms with Crippen LogP contribution in [0.3, 0.4) is 0 Å². The summed E-state index contributed by atoms with van der Waals surface area (Å²) in [5.74, 6) is -0.845. The molecule has 2 rings (SSSR count). The zero-order valence-electron chi connectivity index (χ0n) is 23.5. The average Bonchev–Trinajstić information content (AvgIpc) is 2.88. The van der Waals surface area contributed by atoms with E-state index in [0.717, 1.165) is 18.4 Å². The van der Waals surface area contributed by atoms with E-state index in [4.69, 9.17) is 18.4 Å². The highest BCUT2D eigenvalue weighted by atomic mass is 32.2. The summed E-state index contributed by atoms with van der Waals surface area (Å²) >= 11 is 0. The summed E-state index contributed by atoms with van der Waals surface area (Å²) in [4.78, 5) is 24.7. The van der Waals surface area contributed by atoms with E-state index in [9.17, 15) is 18.0 Å². The lowest BCUT2D eigenvalue weighted by Gasteiger charge is -2.23. The van der Waals surface area contributed by atoms with Gasteiger partial charge in [-0.3, -0.25) is 9.59 Å². The van der Waals surface area contributed by atoms with E-state index in [1.54, 1.807) is 39.0 Å². The molecule has 0 spiro atoms.